The first-order chi connectivity index (χ1) is 14.8. The van der Waals surface area contributed by atoms with Crippen molar-refractivity contribution in [2.75, 3.05) is 34.8 Å². The fraction of sp³-hybridized carbons (Fsp3) is 0.409. The van der Waals surface area contributed by atoms with Gasteiger partial charge in [-0.3, -0.25) is 9.59 Å². The maximum absolute atomic E-state index is 12.7. The monoisotopic (exact) mass is 432 g/mol. The lowest BCUT2D eigenvalue weighted by molar-refractivity contribution is -0.137. The van der Waals surface area contributed by atoms with E-state index in [0.29, 0.717) is 50.4 Å². The zero-order valence-corrected chi connectivity index (χ0v) is 16.9. The maximum Gasteiger partial charge on any atom is 0.417 e. The van der Waals surface area contributed by atoms with Gasteiger partial charge >= 0.3 is 6.18 Å². The van der Waals surface area contributed by atoms with E-state index in [1.165, 1.54) is 6.07 Å². The number of piperidine rings is 1. The number of benzene rings is 1. The zero-order chi connectivity index (χ0) is 22.0. The quantitative estimate of drug-likeness (QED) is 0.791. The first-order valence-corrected chi connectivity index (χ1v) is 10.3. The highest BCUT2D eigenvalue weighted by Gasteiger charge is 2.31. The number of hydrogen-bond donors (Lipinski definition) is 1. The smallest absolute Gasteiger partial charge is 0.357 e. The molecule has 2 amide bonds. The molecule has 31 heavy (non-hydrogen) atoms. The van der Waals surface area contributed by atoms with E-state index in [4.69, 9.17) is 0 Å². The number of carbonyl (C=O) groups excluding carboxylic acids is 2. The Morgan fingerprint density at radius 3 is 2.48 bits per heavy atom. The topological polar surface area (TPSA) is 65.5 Å². The molecule has 0 spiro atoms. The molecule has 0 bridgehead atoms. The van der Waals surface area contributed by atoms with E-state index in [9.17, 15) is 22.8 Å². The second-order valence-electron chi connectivity index (χ2n) is 7.85. The molecule has 0 radical (unpaired) electrons. The summed E-state index contributed by atoms with van der Waals surface area (Å²) in [5.74, 6) is 0.287. The molecule has 6 nitrogen and oxygen atoms in total. The number of nitrogens with zero attached hydrogens (tertiary/aromatic N) is 3. The average molecular weight is 432 g/mol. The second-order valence-corrected chi connectivity index (χ2v) is 7.85. The van der Waals surface area contributed by atoms with E-state index in [2.05, 4.69) is 10.3 Å². The number of anilines is 3. The maximum atomic E-state index is 12.7. The van der Waals surface area contributed by atoms with Crippen LogP contribution in [-0.2, 0) is 15.8 Å². The average Bonchev–Trinajstić information content (AvgIpc) is 3.19. The number of aromatic nitrogens is 1. The van der Waals surface area contributed by atoms with Crippen LogP contribution in [0.15, 0.2) is 42.6 Å². The highest BCUT2D eigenvalue weighted by Crippen LogP contribution is 2.30. The molecular formula is C22H23F3N4O2. The van der Waals surface area contributed by atoms with Gasteiger partial charge in [-0.2, -0.15) is 13.2 Å². The third-order valence-electron chi connectivity index (χ3n) is 5.76. The summed E-state index contributed by atoms with van der Waals surface area (Å²) in [6.45, 7) is 1.77. The van der Waals surface area contributed by atoms with Gasteiger partial charge in [-0.25, -0.2) is 4.98 Å². The van der Waals surface area contributed by atoms with Crippen LogP contribution in [0.1, 0.15) is 31.2 Å². The van der Waals surface area contributed by atoms with Crippen LogP contribution in [0.2, 0.25) is 0 Å². The molecule has 3 heterocycles. The molecule has 1 aromatic carbocycles. The van der Waals surface area contributed by atoms with Gasteiger partial charge in [-0.05, 0) is 49.6 Å². The normalized spacial score (nSPS) is 17.8. The number of carbonyl (C=O) groups is 2. The standard InChI is InChI=1S/C22H23F3N4O2/c23-22(24,25)16-6-7-19(26-14-16)28-11-8-15(9-12-28)21(31)27-17-3-1-4-18(13-17)29-10-2-5-20(29)30/h1,3-4,6-7,13-15H,2,5,8-12H2,(H,27,31). The van der Waals surface area contributed by atoms with Crippen LogP contribution in [0, 0.1) is 5.92 Å². The summed E-state index contributed by atoms with van der Waals surface area (Å²) in [7, 11) is 0. The Hall–Kier alpha value is -3.10. The summed E-state index contributed by atoms with van der Waals surface area (Å²) >= 11 is 0. The lowest BCUT2D eigenvalue weighted by atomic mass is 9.95. The fourth-order valence-corrected chi connectivity index (χ4v) is 4.03. The number of amides is 2. The van der Waals surface area contributed by atoms with Gasteiger partial charge in [0.2, 0.25) is 11.8 Å². The predicted molar refractivity (Wildman–Crippen MR) is 111 cm³/mol. The molecule has 2 fully saturated rings. The van der Waals surface area contributed by atoms with Gasteiger partial charge in [0, 0.05) is 49.5 Å². The number of alkyl halides is 3. The van der Waals surface area contributed by atoms with Gasteiger partial charge in [0.15, 0.2) is 0 Å². The molecule has 0 aliphatic carbocycles. The third kappa shape index (κ3) is 4.81. The Kier molecular flexibility index (Phi) is 5.84. The number of hydrogen-bond acceptors (Lipinski definition) is 4. The highest BCUT2D eigenvalue weighted by molar-refractivity contribution is 5.97. The molecule has 164 valence electrons. The lowest BCUT2D eigenvalue weighted by Crippen LogP contribution is -2.38. The molecule has 1 aromatic heterocycles. The summed E-state index contributed by atoms with van der Waals surface area (Å²) in [5, 5.41) is 2.93. The summed E-state index contributed by atoms with van der Waals surface area (Å²) in [5.41, 5.74) is 0.654. The number of nitrogens with one attached hydrogen (secondary N) is 1. The first kappa shape index (κ1) is 21.1. The van der Waals surface area contributed by atoms with Gasteiger partial charge < -0.3 is 15.1 Å². The lowest BCUT2D eigenvalue weighted by Gasteiger charge is -2.32. The number of rotatable bonds is 4. The predicted octanol–water partition coefficient (Wildman–Crippen LogP) is 4.08. The van der Waals surface area contributed by atoms with Crippen molar-refractivity contribution in [3.8, 4) is 0 Å². The number of halogens is 3. The van der Waals surface area contributed by atoms with Crippen LogP contribution in [0.3, 0.4) is 0 Å². The second kappa shape index (κ2) is 8.56. The van der Waals surface area contributed by atoms with E-state index >= 15 is 0 Å². The van der Waals surface area contributed by atoms with Gasteiger partial charge in [0.05, 0.1) is 5.56 Å². The Morgan fingerprint density at radius 1 is 1.10 bits per heavy atom. The van der Waals surface area contributed by atoms with Gasteiger partial charge in [0.1, 0.15) is 5.82 Å². The van der Waals surface area contributed by atoms with Crippen molar-refractivity contribution >= 4 is 29.0 Å². The molecule has 2 aliphatic heterocycles. The Balaban J connectivity index is 1.33. The first-order valence-electron chi connectivity index (χ1n) is 10.3. The van der Waals surface area contributed by atoms with Crippen molar-refractivity contribution in [3.63, 3.8) is 0 Å². The van der Waals surface area contributed by atoms with Crippen molar-refractivity contribution < 1.29 is 22.8 Å². The zero-order valence-electron chi connectivity index (χ0n) is 16.9. The van der Waals surface area contributed by atoms with Crippen molar-refractivity contribution in [2.24, 2.45) is 5.92 Å². The summed E-state index contributed by atoms with van der Waals surface area (Å²) in [4.78, 5) is 32.2. The molecule has 2 aliphatic rings. The largest absolute Gasteiger partial charge is 0.417 e. The molecule has 2 saturated heterocycles. The summed E-state index contributed by atoms with van der Waals surface area (Å²) in [6.07, 6.45) is -1.02. The highest BCUT2D eigenvalue weighted by atomic mass is 19.4. The van der Waals surface area contributed by atoms with Crippen molar-refractivity contribution in [3.05, 3.63) is 48.2 Å². The SMILES string of the molecule is O=C(Nc1cccc(N2CCCC2=O)c1)C1CCN(c2ccc(C(F)(F)F)cn2)CC1. The molecular weight excluding hydrogens is 409 g/mol. The van der Waals surface area contributed by atoms with Gasteiger partial charge in [0.25, 0.3) is 0 Å². The summed E-state index contributed by atoms with van der Waals surface area (Å²) < 4.78 is 38.1. The molecule has 0 atom stereocenters. The van der Waals surface area contributed by atoms with Crippen LogP contribution in [0.25, 0.3) is 0 Å². The van der Waals surface area contributed by atoms with E-state index in [-0.39, 0.29) is 17.7 Å². The van der Waals surface area contributed by atoms with Crippen LogP contribution in [0.5, 0.6) is 0 Å². The minimum atomic E-state index is -4.41. The molecule has 0 unspecified atom stereocenters. The van der Waals surface area contributed by atoms with E-state index in [0.717, 1.165) is 24.4 Å². The van der Waals surface area contributed by atoms with Crippen molar-refractivity contribution in [2.45, 2.75) is 31.9 Å². The fourth-order valence-electron chi connectivity index (χ4n) is 4.03. The molecule has 4 rings (SSSR count). The molecule has 1 N–H and O–H groups in total. The molecule has 9 heteroatoms. The molecule has 0 saturated carbocycles. The van der Waals surface area contributed by atoms with E-state index in [1.807, 2.05) is 23.1 Å². The Labute approximate surface area is 178 Å². The number of pyridine rings is 1. The minimum absolute atomic E-state index is 0.0905. The Morgan fingerprint density at radius 2 is 1.87 bits per heavy atom. The van der Waals surface area contributed by atoms with Crippen LogP contribution in [-0.4, -0.2) is 36.4 Å². The van der Waals surface area contributed by atoms with Crippen LogP contribution in [0.4, 0.5) is 30.4 Å². The molecule has 2 aromatic rings. The van der Waals surface area contributed by atoms with E-state index in [1.54, 1.807) is 11.0 Å². The van der Waals surface area contributed by atoms with Gasteiger partial charge in [-0.15, -0.1) is 0 Å². The van der Waals surface area contributed by atoms with E-state index < -0.39 is 11.7 Å². The third-order valence-corrected chi connectivity index (χ3v) is 5.76. The Bertz CT molecular complexity index is 954. The minimum Gasteiger partial charge on any atom is -0.357 e. The van der Waals surface area contributed by atoms with Crippen molar-refractivity contribution in [1.29, 1.82) is 0 Å². The summed E-state index contributed by atoms with van der Waals surface area (Å²) in [6, 6.07) is 9.67. The van der Waals surface area contributed by atoms with Crippen LogP contribution < -0.4 is 15.1 Å². The van der Waals surface area contributed by atoms with Gasteiger partial charge in [-0.1, -0.05) is 6.07 Å². The van der Waals surface area contributed by atoms with Crippen LogP contribution >= 0.6 is 0 Å². The van der Waals surface area contributed by atoms with Crippen molar-refractivity contribution in [1.82, 2.24) is 4.98 Å².